The molecule has 0 bridgehead atoms. The molecule has 0 aromatic heterocycles. The number of esters is 1. The Kier molecular flexibility index (Phi) is 11.1. The van der Waals surface area contributed by atoms with Crippen LogP contribution in [0.3, 0.4) is 0 Å². The Hall–Kier alpha value is -1.80. The second kappa shape index (κ2) is 8.79. The minimum atomic E-state index is -1.08. The summed E-state index contributed by atoms with van der Waals surface area (Å²) in [5, 5.41) is 8.59. The molecule has 0 aromatic rings. The van der Waals surface area contributed by atoms with Crippen LogP contribution in [0, 0.1) is 22.6 Å². The van der Waals surface area contributed by atoms with Crippen LogP contribution in [0.25, 0.3) is 0 Å². The SMILES string of the molecule is CC(C)C(C)OC(=O)[CH-]O[N+](=O)[O-].[Re].[Rf]. The average molecular weight is 643 g/mol. The number of hydrogen-bond donors (Lipinski definition) is 0. The van der Waals surface area contributed by atoms with E-state index in [1.807, 2.05) is 13.8 Å². The van der Waals surface area contributed by atoms with Crippen LogP contribution in [0.1, 0.15) is 20.8 Å². The summed E-state index contributed by atoms with van der Waals surface area (Å²) in [6.45, 7) is 5.86. The average Bonchev–Trinajstić information content (AvgIpc) is 2.00. The molecule has 0 rings (SSSR count). The summed E-state index contributed by atoms with van der Waals surface area (Å²) in [5.41, 5.74) is 0. The van der Waals surface area contributed by atoms with Gasteiger partial charge in [0.05, 0.1) is 6.10 Å². The van der Waals surface area contributed by atoms with E-state index >= 15 is 0 Å². The van der Waals surface area contributed by atoms with Crippen molar-refractivity contribution in [1.29, 1.82) is 0 Å². The molecule has 0 aliphatic carbocycles. The van der Waals surface area contributed by atoms with Crippen molar-refractivity contribution in [2.75, 3.05) is 0 Å². The second-order valence-corrected chi connectivity index (χ2v) is 2.83. The number of ether oxygens (including phenoxy) is 1. The molecular weight excluding hydrogens is 631 g/mol. The van der Waals surface area contributed by atoms with E-state index in [9.17, 15) is 14.9 Å². The van der Waals surface area contributed by atoms with Crippen LogP contribution in [-0.4, -0.2) is 17.2 Å². The first-order valence-corrected chi connectivity index (χ1v) is 3.78. The van der Waals surface area contributed by atoms with Gasteiger partial charge in [0.1, 0.15) is 0 Å². The topological polar surface area (TPSA) is 78.7 Å². The van der Waals surface area contributed by atoms with Crippen LogP contribution >= 0.6 is 0 Å². The Bertz CT molecular complexity index is 202. The van der Waals surface area contributed by atoms with Crippen LogP contribution in [0.4, 0.5) is 0 Å². The third-order valence-electron chi connectivity index (χ3n) is 1.48. The summed E-state index contributed by atoms with van der Waals surface area (Å²) in [5.74, 6) is -0.689. The molecule has 0 aromatic carbocycles. The molecule has 8 heteroatoms. The Morgan fingerprint density at radius 3 is 2.20 bits per heavy atom. The van der Waals surface area contributed by atoms with Crippen molar-refractivity contribution in [3.05, 3.63) is 16.7 Å². The van der Waals surface area contributed by atoms with E-state index in [2.05, 4.69) is 4.84 Å². The molecule has 1 radical (unpaired) electrons. The number of hydrogen-bond acceptors (Lipinski definition) is 5. The first kappa shape index (κ1) is 18.9. The number of rotatable bonds is 5. The zero-order valence-electron chi connectivity index (χ0n) is 8.81. The number of carbonyl (C=O) groups is 1. The van der Waals surface area contributed by atoms with Gasteiger partial charge in [0.15, 0.2) is 5.97 Å². The van der Waals surface area contributed by atoms with E-state index in [0.717, 1.165) is 0 Å². The monoisotopic (exact) mass is 644 g/mol. The van der Waals surface area contributed by atoms with E-state index < -0.39 is 11.1 Å². The van der Waals surface area contributed by atoms with Crippen molar-refractivity contribution >= 4 is 5.97 Å². The zero-order valence-corrected chi connectivity index (χ0v) is 17.9. The molecular formula is C7H12NO5ReRf-. The smallest absolute Gasteiger partial charge is 0.265 e. The van der Waals surface area contributed by atoms with Gasteiger partial charge in [-0.15, -0.1) is 16.7 Å². The summed E-state index contributed by atoms with van der Waals surface area (Å²) in [6, 6.07) is 0. The molecule has 1 atom stereocenters. The quantitative estimate of drug-likeness (QED) is 0.193. The van der Waals surface area contributed by atoms with Gasteiger partial charge in [-0.3, -0.25) is 4.79 Å². The predicted octanol–water partition coefficient (Wildman–Crippen LogP) is 0.942. The molecule has 0 aliphatic heterocycles. The van der Waals surface area contributed by atoms with E-state index in [-0.39, 0.29) is 32.4 Å². The van der Waals surface area contributed by atoms with E-state index in [1.54, 1.807) is 6.92 Å². The first-order chi connectivity index (χ1) is 5.93. The Morgan fingerprint density at radius 1 is 1.40 bits per heavy atom. The molecule has 0 heterocycles. The molecule has 0 aliphatic rings. The van der Waals surface area contributed by atoms with Crippen molar-refractivity contribution in [3.63, 3.8) is 0 Å². The minimum Gasteiger partial charge on any atom is -0.483 e. The Labute approximate surface area is 95.7 Å². The summed E-state index contributed by atoms with van der Waals surface area (Å²) in [4.78, 5) is 24.1. The maximum absolute atomic E-state index is 10.8. The molecule has 0 saturated heterocycles. The maximum atomic E-state index is 10.8. The fourth-order valence-electron chi connectivity index (χ4n) is 0.433. The second-order valence-electron chi connectivity index (χ2n) is 2.83. The van der Waals surface area contributed by atoms with Gasteiger partial charge in [-0.2, -0.15) is 0 Å². The summed E-state index contributed by atoms with van der Waals surface area (Å²) >= 11 is 0. The first-order valence-electron chi connectivity index (χ1n) is 3.78. The molecule has 0 spiro atoms. The van der Waals surface area contributed by atoms with Crippen LogP contribution in [0.15, 0.2) is 0 Å². The molecule has 1 unspecified atom stereocenters. The Balaban J connectivity index is -0.000000720. The largest absolute Gasteiger partial charge is 0.483 e. The molecule has 0 fully saturated rings. The van der Waals surface area contributed by atoms with E-state index in [4.69, 9.17) is 4.74 Å². The fourth-order valence-corrected chi connectivity index (χ4v) is 0.433. The summed E-state index contributed by atoms with van der Waals surface area (Å²) in [6.07, 6.45) is -0.292. The summed E-state index contributed by atoms with van der Waals surface area (Å²) < 4.78 is 4.74. The fraction of sp³-hybridized carbons (Fsp3) is 0.714. The maximum Gasteiger partial charge on any atom is 0.265 e. The Morgan fingerprint density at radius 2 is 1.87 bits per heavy atom. The van der Waals surface area contributed by atoms with Crippen molar-refractivity contribution in [2.45, 2.75) is 26.9 Å². The van der Waals surface area contributed by atoms with Crippen LogP contribution in [0.5, 0.6) is 0 Å². The van der Waals surface area contributed by atoms with Crippen LogP contribution < -0.4 is 0 Å². The summed E-state index contributed by atoms with van der Waals surface area (Å²) in [7, 11) is 0. The van der Waals surface area contributed by atoms with Gasteiger partial charge in [0, 0.05) is 20.4 Å². The molecule has 0 N–H and O–H groups in total. The van der Waals surface area contributed by atoms with Gasteiger partial charge < -0.3 is 9.57 Å². The van der Waals surface area contributed by atoms with Crippen LogP contribution in [-0.2, 0) is 34.8 Å². The van der Waals surface area contributed by atoms with Crippen molar-refractivity contribution in [2.24, 2.45) is 5.92 Å². The van der Waals surface area contributed by atoms with Crippen LogP contribution in [0.2, 0.25) is 0 Å². The van der Waals surface area contributed by atoms with Gasteiger partial charge in [-0.25, -0.2) is 0 Å². The molecule has 0 amide bonds. The van der Waals surface area contributed by atoms with E-state index in [0.29, 0.717) is 6.61 Å². The van der Waals surface area contributed by atoms with Gasteiger partial charge in [0.2, 0.25) is 0 Å². The number of nitrogens with zero attached hydrogens (tertiary/aromatic N) is 1. The van der Waals surface area contributed by atoms with Gasteiger partial charge in [-0.05, 0) is 12.8 Å². The molecule has 85 valence electrons. The van der Waals surface area contributed by atoms with Gasteiger partial charge >= 0.3 is 0 Å². The standard InChI is InChI=1S/C7H12NO5.Re.Rf/c1-5(2)6(3)13-7(9)4-12-8(10)11;;/h4-6H,1-3H3;;/q-1;;. The zero-order chi connectivity index (χ0) is 10.4. The van der Waals surface area contributed by atoms with Crippen molar-refractivity contribution in [1.82, 2.24) is 0 Å². The predicted molar refractivity (Wildman–Crippen MR) is 42.8 cm³/mol. The molecule has 6 nitrogen and oxygen atoms in total. The van der Waals surface area contributed by atoms with Gasteiger partial charge in [0.25, 0.3) is 5.09 Å². The van der Waals surface area contributed by atoms with Crippen molar-refractivity contribution < 1.29 is 39.9 Å². The van der Waals surface area contributed by atoms with E-state index in [1.165, 1.54) is 0 Å². The normalized spacial score (nSPS) is 10.4. The third kappa shape index (κ3) is 10.1. The minimum absolute atomic E-state index is 0. The third-order valence-corrected chi connectivity index (χ3v) is 1.48. The van der Waals surface area contributed by atoms with Crippen molar-refractivity contribution in [3.8, 4) is 0 Å². The molecule has 15 heavy (non-hydrogen) atoms. The van der Waals surface area contributed by atoms with Gasteiger partial charge in [-0.1, -0.05) is 13.8 Å². The number of carbonyl (C=O) groups excluding carboxylic acids is 1. The molecule has 0 saturated carbocycles.